The van der Waals surface area contributed by atoms with Gasteiger partial charge in [-0.1, -0.05) is 0 Å². The zero-order valence-electron chi connectivity index (χ0n) is 7.27. The number of aromatic hydroxyl groups is 1. The van der Waals surface area contributed by atoms with Crippen molar-refractivity contribution in [3.63, 3.8) is 0 Å². The van der Waals surface area contributed by atoms with Gasteiger partial charge in [0.05, 0.1) is 6.61 Å². The fraction of sp³-hybridized carbons (Fsp3) is 0.400. The minimum atomic E-state index is -0.107. The molecule has 13 heavy (non-hydrogen) atoms. The molecule has 1 aliphatic rings. The smallest absolute Gasteiger partial charge is 0.199 e. The van der Waals surface area contributed by atoms with Gasteiger partial charge in [0.2, 0.25) is 0 Å². The number of rotatable bonds is 2. The van der Waals surface area contributed by atoms with Crippen LogP contribution in [0.4, 0.5) is 0 Å². The largest absolute Gasteiger partial charge is 0.508 e. The van der Waals surface area contributed by atoms with Crippen LogP contribution in [0.25, 0.3) is 0 Å². The predicted molar refractivity (Wildman–Crippen MR) is 47.7 cm³/mol. The van der Waals surface area contributed by atoms with Gasteiger partial charge in [0.25, 0.3) is 0 Å². The molecule has 1 unspecified atom stereocenters. The molecule has 1 heterocycles. The Morgan fingerprint density at radius 3 is 2.69 bits per heavy atom. The van der Waals surface area contributed by atoms with Crippen molar-refractivity contribution in [2.24, 2.45) is 0 Å². The van der Waals surface area contributed by atoms with E-state index in [4.69, 9.17) is 14.6 Å². The summed E-state index contributed by atoms with van der Waals surface area (Å²) in [6.45, 7) is 0.781. The van der Waals surface area contributed by atoms with Crippen molar-refractivity contribution < 1.29 is 14.6 Å². The number of phenolic OH excluding ortho intramolecular Hbond substituents is 1. The Morgan fingerprint density at radius 2 is 2.08 bits per heavy atom. The summed E-state index contributed by atoms with van der Waals surface area (Å²) < 4.78 is 10.8. The summed E-state index contributed by atoms with van der Waals surface area (Å²) in [4.78, 5) is 0. The highest BCUT2D eigenvalue weighted by Crippen LogP contribution is 2.21. The molecule has 1 N–H and O–H groups in total. The Morgan fingerprint density at radius 1 is 1.31 bits per heavy atom. The highest BCUT2D eigenvalue weighted by atomic mass is 16.7. The molecule has 2 rings (SSSR count). The average molecular weight is 180 g/mol. The van der Waals surface area contributed by atoms with E-state index in [1.54, 1.807) is 24.3 Å². The molecule has 1 aromatic rings. The van der Waals surface area contributed by atoms with E-state index < -0.39 is 0 Å². The summed E-state index contributed by atoms with van der Waals surface area (Å²) in [6.07, 6.45) is 1.90. The molecule has 70 valence electrons. The van der Waals surface area contributed by atoms with Crippen molar-refractivity contribution >= 4 is 0 Å². The zero-order valence-corrected chi connectivity index (χ0v) is 7.27. The van der Waals surface area contributed by atoms with Crippen LogP contribution in [0, 0.1) is 0 Å². The van der Waals surface area contributed by atoms with Crippen LogP contribution in [0.3, 0.4) is 0 Å². The summed E-state index contributed by atoms with van der Waals surface area (Å²) in [5, 5.41) is 9.03. The zero-order chi connectivity index (χ0) is 9.10. The normalized spacial score (nSPS) is 21.7. The van der Waals surface area contributed by atoms with Crippen LogP contribution in [-0.2, 0) is 4.74 Å². The van der Waals surface area contributed by atoms with E-state index in [-0.39, 0.29) is 12.0 Å². The molecule has 0 aromatic heterocycles. The first kappa shape index (κ1) is 8.38. The summed E-state index contributed by atoms with van der Waals surface area (Å²) in [5.41, 5.74) is 0. The van der Waals surface area contributed by atoms with Gasteiger partial charge in [0.1, 0.15) is 11.5 Å². The SMILES string of the molecule is Oc1ccc(OC2CCCO2)cc1. The lowest BCUT2D eigenvalue weighted by atomic mass is 10.3. The van der Waals surface area contributed by atoms with Crippen LogP contribution in [0.5, 0.6) is 11.5 Å². The van der Waals surface area contributed by atoms with Crippen molar-refractivity contribution in [2.45, 2.75) is 19.1 Å². The molecule has 0 radical (unpaired) electrons. The highest BCUT2D eigenvalue weighted by molar-refractivity contribution is 5.30. The lowest BCUT2D eigenvalue weighted by molar-refractivity contribution is -0.0390. The van der Waals surface area contributed by atoms with Gasteiger partial charge in [-0.2, -0.15) is 0 Å². The molecule has 0 bridgehead atoms. The van der Waals surface area contributed by atoms with E-state index in [0.29, 0.717) is 0 Å². The van der Waals surface area contributed by atoms with Crippen LogP contribution in [0.1, 0.15) is 12.8 Å². The van der Waals surface area contributed by atoms with Crippen molar-refractivity contribution in [1.29, 1.82) is 0 Å². The second-order valence-electron chi connectivity index (χ2n) is 3.05. The van der Waals surface area contributed by atoms with Crippen LogP contribution in [-0.4, -0.2) is 18.0 Å². The second kappa shape index (κ2) is 3.66. The monoisotopic (exact) mass is 180 g/mol. The highest BCUT2D eigenvalue weighted by Gasteiger charge is 2.16. The van der Waals surface area contributed by atoms with Crippen molar-refractivity contribution in [3.8, 4) is 11.5 Å². The fourth-order valence-corrected chi connectivity index (χ4v) is 1.32. The Hall–Kier alpha value is -1.22. The van der Waals surface area contributed by atoms with Gasteiger partial charge in [-0.25, -0.2) is 0 Å². The predicted octanol–water partition coefficient (Wildman–Crippen LogP) is 1.91. The first-order valence-electron chi connectivity index (χ1n) is 4.42. The minimum absolute atomic E-state index is 0.107. The topological polar surface area (TPSA) is 38.7 Å². The summed E-state index contributed by atoms with van der Waals surface area (Å²) in [7, 11) is 0. The Bertz CT molecular complexity index is 262. The fourth-order valence-electron chi connectivity index (χ4n) is 1.32. The van der Waals surface area contributed by atoms with E-state index in [1.165, 1.54) is 0 Å². The van der Waals surface area contributed by atoms with Gasteiger partial charge in [-0.15, -0.1) is 0 Å². The van der Waals surface area contributed by atoms with Gasteiger partial charge in [-0.05, 0) is 30.7 Å². The molecular weight excluding hydrogens is 168 g/mol. The van der Waals surface area contributed by atoms with Gasteiger partial charge >= 0.3 is 0 Å². The quantitative estimate of drug-likeness (QED) is 0.755. The number of hydrogen-bond acceptors (Lipinski definition) is 3. The molecule has 0 amide bonds. The third-order valence-corrected chi connectivity index (χ3v) is 1.99. The molecule has 0 aliphatic carbocycles. The number of benzene rings is 1. The Kier molecular flexibility index (Phi) is 2.36. The molecule has 1 atom stereocenters. The summed E-state index contributed by atoms with van der Waals surface area (Å²) >= 11 is 0. The lowest BCUT2D eigenvalue weighted by Gasteiger charge is -2.12. The Balaban J connectivity index is 1.97. The maximum Gasteiger partial charge on any atom is 0.199 e. The number of phenols is 1. The van der Waals surface area contributed by atoms with Gasteiger partial charge in [0.15, 0.2) is 6.29 Å². The molecule has 1 aliphatic heterocycles. The Labute approximate surface area is 76.9 Å². The maximum absolute atomic E-state index is 9.03. The van der Waals surface area contributed by atoms with E-state index in [2.05, 4.69) is 0 Å². The number of hydrogen-bond donors (Lipinski definition) is 1. The van der Waals surface area contributed by atoms with Crippen LogP contribution < -0.4 is 4.74 Å². The molecule has 1 fully saturated rings. The van der Waals surface area contributed by atoms with Crippen molar-refractivity contribution in [1.82, 2.24) is 0 Å². The third kappa shape index (κ3) is 2.12. The van der Waals surface area contributed by atoms with Gasteiger partial charge in [-0.3, -0.25) is 0 Å². The molecule has 0 saturated carbocycles. The van der Waals surface area contributed by atoms with E-state index in [1.807, 2.05) is 0 Å². The molecular formula is C10H12O3. The molecule has 1 saturated heterocycles. The molecule has 0 spiro atoms. The second-order valence-corrected chi connectivity index (χ2v) is 3.05. The summed E-state index contributed by atoms with van der Waals surface area (Å²) in [5.74, 6) is 0.990. The third-order valence-electron chi connectivity index (χ3n) is 1.99. The minimum Gasteiger partial charge on any atom is -0.508 e. The first-order chi connectivity index (χ1) is 6.34. The van der Waals surface area contributed by atoms with Crippen LogP contribution in [0.2, 0.25) is 0 Å². The molecule has 3 heteroatoms. The van der Waals surface area contributed by atoms with Crippen molar-refractivity contribution in [3.05, 3.63) is 24.3 Å². The molecule has 3 nitrogen and oxygen atoms in total. The van der Waals surface area contributed by atoms with Crippen LogP contribution >= 0.6 is 0 Å². The maximum atomic E-state index is 9.03. The van der Waals surface area contributed by atoms with E-state index >= 15 is 0 Å². The number of ether oxygens (including phenoxy) is 2. The average Bonchev–Trinajstić information content (AvgIpc) is 2.62. The first-order valence-corrected chi connectivity index (χ1v) is 4.42. The molecule has 1 aromatic carbocycles. The standard InChI is InChI=1S/C10H12O3/c11-8-3-5-9(6-4-8)13-10-2-1-7-12-10/h3-6,10-11H,1-2,7H2. The van der Waals surface area contributed by atoms with Crippen LogP contribution in [0.15, 0.2) is 24.3 Å². The lowest BCUT2D eigenvalue weighted by Crippen LogP contribution is -2.13. The summed E-state index contributed by atoms with van der Waals surface area (Å²) in [6, 6.07) is 6.67. The van der Waals surface area contributed by atoms with Crippen molar-refractivity contribution in [2.75, 3.05) is 6.61 Å². The van der Waals surface area contributed by atoms with Gasteiger partial charge < -0.3 is 14.6 Å². The van der Waals surface area contributed by atoms with Gasteiger partial charge in [0, 0.05) is 6.42 Å². The van der Waals surface area contributed by atoms with E-state index in [0.717, 1.165) is 25.2 Å². The van der Waals surface area contributed by atoms with E-state index in [9.17, 15) is 0 Å².